The number of amides is 1. The average Bonchev–Trinajstić information content (AvgIpc) is 3.58. The number of ether oxygens (including phenoxy) is 1. The Morgan fingerprint density at radius 2 is 1.85 bits per heavy atom. The monoisotopic (exact) mass is 465 g/mol. The smallest absolute Gasteiger partial charge is 0.255 e. The Labute approximate surface area is 198 Å². The molecule has 0 saturated heterocycles. The third-order valence-corrected chi connectivity index (χ3v) is 6.20. The first-order valence-electron chi connectivity index (χ1n) is 10.7. The van der Waals surface area contributed by atoms with E-state index in [1.165, 1.54) is 0 Å². The van der Waals surface area contributed by atoms with Crippen LogP contribution in [0.15, 0.2) is 96.9 Å². The first-order valence-corrected chi connectivity index (χ1v) is 11.6. The summed E-state index contributed by atoms with van der Waals surface area (Å²) >= 11 is 1.60. The number of fused-ring (bicyclic) bond motifs is 2. The third-order valence-electron chi connectivity index (χ3n) is 5.43. The number of pyridine rings is 1. The predicted molar refractivity (Wildman–Crippen MR) is 132 cm³/mol. The van der Waals surface area contributed by atoms with Crippen LogP contribution in [0.5, 0.6) is 5.75 Å². The largest absolute Gasteiger partial charge is 0.487 e. The van der Waals surface area contributed by atoms with Gasteiger partial charge in [0.15, 0.2) is 4.96 Å². The number of rotatable bonds is 6. The SMILES string of the molecule is O=C(Nc1ccc(-c2cn3ccsc3n2)cc1)c1cccc(OCc2cn3ccccc3n2)c1. The highest BCUT2D eigenvalue weighted by Gasteiger charge is 2.10. The number of carbonyl (C=O) groups is 1. The third kappa shape index (κ3) is 4.02. The van der Waals surface area contributed by atoms with Crippen LogP contribution in [0.1, 0.15) is 16.1 Å². The van der Waals surface area contributed by atoms with Gasteiger partial charge in [-0.3, -0.25) is 9.20 Å². The maximum absolute atomic E-state index is 12.8. The lowest BCUT2D eigenvalue weighted by atomic mass is 10.1. The molecule has 4 aromatic heterocycles. The summed E-state index contributed by atoms with van der Waals surface area (Å²) in [6.07, 6.45) is 7.86. The molecule has 0 radical (unpaired) electrons. The molecule has 8 heteroatoms. The Morgan fingerprint density at radius 1 is 0.941 bits per heavy atom. The van der Waals surface area contributed by atoms with E-state index >= 15 is 0 Å². The molecule has 4 heterocycles. The molecule has 6 aromatic rings. The van der Waals surface area contributed by atoms with Gasteiger partial charge in [-0.05, 0) is 42.5 Å². The van der Waals surface area contributed by atoms with Crippen molar-refractivity contribution in [3.05, 3.63) is 108 Å². The van der Waals surface area contributed by atoms with E-state index in [9.17, 15) is 4.79 Å². The van der Waals surface area contributed by atoms with E-state index in [-0.39, 0.29) is 5.91 Å². The Morgan fingerprint density at radius 3 is 2.71 bits per heavy atom. The highest BCUT2D eigenvalue weighted by molar-refractivity contribution is 7.15. The van der Waals surface area contributed by atoms with Crippen molar-refractivity contribution in [3.63, 3.8) is 0 Å². The van der Waals surface area contributed by atoms with Crippen LogP contribution in [0, 0.1) is 0 Å². The van der Waals surface area contributed by atoms with Crippen molar-refractivity contribution in [2.75, 3.05) is 5.32 Å². The van der Waals surface area contributed by atoms with Crippen LogP contribution in [-0.4, -0.2) is 24.7 Å². The highest BCUT2D eigenvalue weighted by atomic mass is 32.1. The zero-order chi connectivity index (χ0) is 22.9. The number of carbonyl (C=O) groups excluding carboxylic acids is 1. The lowest BCUT2D eigenvalue weighted by Gasteiger charge is -2.08. The summed E-state index contributed by atoms with van der Waals surface area (Å²) < 4.78 is 9.83. The van der Waals surface area contributed by atoms with E-state index in [4.69, 9.17) is 4.74 Å². The van der Waals surface area contributed by atoms with Gasteiger partial charge in [-0.2, -0.15) is 0 Å². The molecular weight excluding hydrogens is 446 g/mol. The van der Waals surface area contributed by atoms with Crippen molar-refractivity contribution in [1.29, 1.82) is 0 Å². The molecule has 1 amide bonds. The van der Waals surface area contributed by atoms with Crippen LogP contribution in [0.4, 0.5) is 5.69 Å². The van der Waals surface area contributed by atoms with E-state index in [0.29, 0.717) is 23.6 Å². The topological polar surface area (TPSA) is 72.9 Å². The second-order valence-corrected chi connectivity index (χ2v) is 8.64. The van der Waals surface area contributed by atoms with Gasteiger partial charge in [-0.1, -0.05) is 24.3 Å². The molecule has 0 aliphatic carbocycles. The molecule has 2 aromatic carbocycles. The van der Waals surface area contributed by atoms with Gasteiger partial charge in [0.1, 0.15) is 18.0 Å². The lowest BCUT2D eigenvalue weighted by Crippen LogP contribution is -2.12. The van der Waals surface area contributed by atoms with Gasteiger partial charge in [0.25, 0.3) is 5.91 Å². The van der Waals surface area contributed by atoms with Crippen LogP contribution in [0.25, 0.3) is 21.9 Å². The maximum Gasteiger partial charge on any atom is 0.255 e. The number of hydrogen-bond acceptors (Lipinski definition) is 5. The molecule has 0 atom stereocenters. The molecule has 6 rings (SSSR count). The van der Waals surface area contributed by atoms with Gasteiger partial charge in [-0.15, -0.1) is 11.3 Å². The minimum atomic E-state index is -0.201. The summed E-state index contributed by atoms with van der Waals surface area (Å²) in [5.41, 5.74) is 4.82. The van der Waals surface area contributed by atoms with Crippen LogP contribution >= 0.6 is 11.3 Å². The fraction of sp³-hybridized carbons (Fsp3) is 0.0385. The summed E-state index contributed by atoms with van der Waals surface area (Å²) in [5, 5.41) is 4.95. The van der Waals surface area contributed by atoms with Crippen LogP contribution in [0.2, 0.25) is 0 Å². The summed E-state index contributed by atoms with van der Waals surface area (Å²) in [4.78, 5) is 22.9. The summed E-state index contributed by atoms with van der Waals surface area (Å²) in [5.74, 6) is 0.410. The average molecular weight is 466 g/mol. The number of hydrogen-bond donors (Lipinski definition) is 1. The minimum Gasteiger partial charge on any atom is -0.487 e. The molecule has 0 aliphatic rings. The van der Waals surface area contributed by atoms with Crippen LogP contribution < -0.4 is 10.1 Å². The van der Waals surface area contributed by atoms with Crippen LogP contribution in [0.3, 0.4) is 0 Å². The molecule has 34 heavy (non-hydrogen) atoms. The number of benzene rings is 2. The van der Waals surface area contributed by atoms with Crippen LogP contribution in [-0.2, 0) is 6.61 Å². The Kier molecular flexibility index (Phi) is 5.04. The zero-order valence-corrected chi connectivity index (χ0v) is 18.8. The molecule has 166 valence electrons. The van der Waals surface area contributed by atoms with E-state index in [1.54, 1.807) is 29.5 Å². The van der Waals surface area contributed by atoms with Crippen molar-refractivity contribution in [2.24, 2.45) is 0 Å². The number of aromatic nitrogens is 4. The number of thiazole rings is 1. The highest BCUT2D eigenvalue weighted by Crippen LogP contribution is 2.24. The zero-order valence-electron chi connectivity index (χ0n) is 18.0. The van der Waals surface area contributed by atoms with Crippen molar-refractivity contribution in [2.45, 2.75) is 6.61 Å². The van der Waals surface area contributed by atoms with Crippen molar-refractivity contribution in [1.82, 2.24) is 18.8 Å². The first kappa shape index (κ1) is 20.2. The van der Waals surface area contributed by atoms with Gasteiger partial charge in [-0.25, -0.2) is 9.97 Å². The van der Waals surface area contributed by atoms with Gasteiger partial charge >= 0.3 is 0 Å². The minimum absolute atomic E-state index is 0.201. The second kappa shape index (κ2) is 8.49. The van der Waals surface area contributed by atoms with Crippen molar-refractivity contribution >= 4 is 33.5 Å². The number of nitrogens with one attached hydrogen (secondary N) is 1. The first-order chi connectivity index (χ1) is 16.7. The molecule has 0 bridgehead atoms. The summed E-state index contributed by atoms with van der Waals surface area (Å²) in [6, 6.07) is 20.6. The predicted octanol–water partition coefficient (Wildman–Crippen LogP) is 5.54. The molecule has 0 aliphatic heterocycles. The molecule has 0 unspecified atom stereocenters. The van der Waals surface area contributed by atoms with Crippen molar-refractivity contribution < 1.29 is 9.53 Å². The summed E-state index contributed by atoms with van der Waals surface area (Å²) in [7, 11) is 0. The van der Waals surface area contributed by atoms with E-state index in [0.717, 1.165) is 27.6 Å². The summed E-state index contributed by atoms with van der Waals surface area (Å²) in [6.45, 7) is 0.319. The van der Waals surface area contributed by atoms with E-state index < -0.39 is 0 Å². The Bertz CT molecular complexity index is 1550. The quantitative estimate of drug-likeness (QED) is 0.350. The molecule has 0 spiro atoms. The van der Waals surface area contributed by atoms with Gasteiger partial charge in [0.2, 0.25) is 0 Å². The van der Waals surface area contributed by atoms with Gasteiger partial charge < -0.3 is 14.5 Å². The molecule has 7 nitrogen and oxygen atoms in total. The Hall–Kier alpha value is -4.43. The number of anilines is 1. The molecule has 1 N–H and O–H groups in total. The fourth-order valence-electron chi connectivity index (χ4n) is 3.74. The van der Waals surface area contributed by atoms with Gasteiger partial charge in [0.05, 0.1) is 11.4 Å². The molecule has 0 saturated carbocycles. The van der Waals surface area contributed by atoms with E-state index in [1.807, 2.05) is 87.5 Å². The standard InChI is InChI=1S/C26H19N5O2S/c32-25(28-20-9-7-18(8-10-20)23-16-31-12-13-34-26(31)29-23)19-4-3-5-22(14-19)33-17-21-15-30-11-2-1-6-24(30)27-21/h1-16H,17H2,(H,28,32). The van der Waals surface area contributed by atoms with Gasteiger partial charge in [0, 0.05) is 47.0 Å². The fourth-order valence-corrected chi connectivity index (χ4v) is 4.44. The number of nitrogens with zero attached hydrogens (tertiary/aromatic N) is 4. The normalized spacial score (nSPS) is 11.2. The second-order valence-electron chi connectivity index (χ2n) is 7.77. The molecule has 0 fully saturated rings. The van der Waals surface area contributed by atoms with E-state index in [2.05, 4.69) is 15.3 Å². The Balaban J connectivity index is 1.11. The van der Waals surface area contributed by atoms with Crippen molar-refractivity contribution in [3.8, 4) is 17.0 Å². The maximum atomic E-state index is 12.8. The molecular formula is C26H19N5O2S. The number of imidazole rings is 2. The lowest BCUT2D eigenvalue weighted by molar-refractivity contribution is 0.102.